The molecule has 32 heavy (non-hydrogen) atoms. The van der Waals surface area contributed by atoms with E-state index in [9.17, 15) is 0 Å². The average Bonchev–Trinajstić information content (AvgIpc) is 3.28. The SMILES string of the molecule is CCc1ccc2nc(-c3ccc(CN)c(Nc4nccc(-c5cccnc5)n4)c3)[nH]c2c1. The predicted octanol–water partition coefficient (Wildman–Crippen LogP) is 4.85. The van der Waals surface area contributed by atoms with E-state index in [0.717, 1.165) is 51.4 Å². The lowest BCUT2D eigenvalue weighted by Gasteiger charge is -2.12. The maximum Gasteiger partial charge on any atom is 0.227 e. The van der Waals surface area contributed by atoms with E-state index in [2.05, 4.69) is 50.4 Å². The molecule has 5 rings (SSSR count). The number of hydrogen-bond donors (Lipinski definition) is 3. The normalized spacial score (nSPS) is 11.1. The van der Waals surface area contributed by atoms with E-state index in [1.54, 1.807) is 18.6 Å². The van der Waals surface area contributed by atoms with Gasteiger partial charge in [0.25, 0.3) is 0 Å². The molecule has 0 bridgehead atoms. The summed E-state index contributed by atoms with van der Waals surface area (Å²) < 4.78 is 0. The van der Waals surface area contributed by atoms with Crippen molar-refractivity contribution in [3.05, 3.63) is 84.3 Å². The van der Waals surface area contributed by atoms with Gasteiger partial charge >= 0.3 is 0 Å². The Balaban J connectivity index is 1.49. The van der Waals surface area contributed by atoms with Crippen molar-refractivity contribution in [1.29, 1.82) is 0 Å². The van der Waals surface area contributed by atoms with Gasteiger partial charge in [-0.25, -0.2) is 15.0 Å². The zero-order valence-electron chi connectivity index (χ0n) is 17.7. The highest BCUT2D eigenvalue weighted by Crippen LogP contribution is 2.28. The van der Waals surface area contributed by atoms with Gasteiger partial charge in [0, 0.05) is 41.9 Å². The van der Waals surface area contributed by atoms with Crippen molar-refractivity contribution in [3.63, 3.8) is 0 Å². The molecule has 3 aromatic heterocycles. The summed E-state index contributed by atoms with van der Waals surface area (Å²) in [5.41, 5.74) is 13.8. The maximum atomic E-state index is 5.99. The molecule has 0 saturated carbocycles. The molecule has 5 aromatic rings. The van der Waals surface area contributed by atoms with E-state index >= 15 is 0 Å². The Morgan fingerprint density at radius 2 is 1.91 bits per heavy atom. The number of benzene rings is 2. The summed E-state index contributed by atoms with van der Waals surface area (Å²) in [6.07, 6.45) is 6.24. The van der Waals surface area contributed by atoms with Crippen molar-refractivity contribution in [1.82, 2.24) is 24.9 Å². The quantitative estimate of drug-likeness (QED) is 0.362. The molecule has 7 nitrogen and oxygen atoms in total. The number of aromatic nitrogens is 5. The van der Waals surface area contributed by atoms with Crippen molar-refractivity contribution in [2.24, 2.45) is 5.73 Å². The molecule has 3 heterocycles. The third kappa shape index (κ3) is 3.93. The van der Waals surface area contributed by atoms with Gasteiger partial charge in [-0.15, -0.1) is 0 Å². The first kappa shape index (κ1) is 19.8. The first-order chi connectivity index (χ1) is 15.7. The highest BCUT2D eigenvalue weighted by Gasteiger charge is 2.11. The summed E-state index contributed by atoms with van der Waals surface area (Å²) >= 11 is 0. The number of imidazole rings is 1. The van der Waals surface area contributed by atoms with Crippen molar-refractivity contribution < 1.29 is 0 Å². The Hall–Kier alpha value is -4.10. The molecule has 158 valence electrons. The van der Waals surface area contributed by atoms with Gasteiger partial charge < -0.3 is 16.0 Å². The fourth-order valence-corrected chi connectivity index (χ4v) is 3.65. The molecule has 4 N–H and O–H groups in total. The van der Waals surface area contributed by atoms with Gasteiger partial charge in [0.2, 0.25) is 5.95 Å². The van der Waals surface area contributed by atoms with Crippen LogP contribution < -0.4 is 11.1 Å². The molecular weight excluding hydrogens is 398 g/mol. The Morgan fingerprint density at radius 3 is 2.72 bits per heavy atom. The van der Waals surface area contributed by atoms with Crippen LogP contribution in [0.3, 0.4) is 0 Å². The third-order valence-corrected chi connectivity index (χ3v) is 5.42. The second-order valence-electron chi connectivity index (χ2n) is 7.50. The molecule has 0 atom stereocenters. The molecule has 0 radical (unpaired) electrons. The Morgan fingerprint density at radius 1 is 0.969 bits per heavy atom. The van der Waals surface area contributed by atoms with Gasteiger partial charge in [-0.05, 0) is 53.9 Å². The van der Waals surface area contributed by atoms with Crippen LogP contribution >= 0.6 is 0 Å². The number of nitrogens with one attached hydrogen (secondary N) is 2. The molecule has 2 aromatic carbocycles. The first-order valence-electron chi connectivity index (χ1n) is 10.6. The monoisotopic (exact) mass is 421 g/mol. The number of H-pyrrole nitrogens is 1. The summed E-state index contributed by atoms with van der Waals surface area (Å²) in [5.74, 6) is 1.31. The number of anilines is 2. The van der Waals surface area contributed by atoms with E-state index in [1.807, 2.05) is 36.4 Å². The van der Waals surface area contributed by atoms with Gasteiger partial charge in [-0.1, -0.05) is 25.1 Å². The standard InChI is InChI=1S/C25H23N7/c1-2-16-5-8-21-23(12-16)30-24(29-21)17-6-7-18(14-26)22(13-17)32-25-28-11-9-20(31-25)19-4-3-10-27-15-19/h3-13,15H,2,14,26H2,1H3,(H,29,30)(H,28,31,32). The highest BCUT2D eigenvalue weighted by molar-refractivity contribution is 5.81. The second-order valence-corrected chi connectivity index (χ2v) is 7.50. The lowest BCUT2D eigenvalue weighted by Crippen LogP contribution is -2.04. The van der Waals surface area contributed by atoms with Crippen molar-refractivity contribution in [3.8, 4) is 22.6 Å². The summed E-state index contributed by atoms with van der Waals surface area (Å²) in [6, 6.07) is 18.1. The number of fused-ring (bicyclic) bond motifs is 1. The number of hydrogen-bond acceptors (Lipinski definition) is 6. The van der Waals surface area contributed by atoms with Crippen LogP contribution in [-0.2, 0) is 13.0 Å². The van der Waals surface area contributed by atoms with Crippen molar-refractivity contribution >= 4 is 22.7 Å². The molecule has 0 aliphatic heterocycles. The number of nitrogens with two attached hydrogens (primary N) is 1. The van der Waals surface area contributed by atoms with Crippen LogP contribution in [0.2, 0.25) is 0 Å². The molecule has 0 spiro atoms. The lowest BCUT2D eigenvalue weighted by atomic mass is 10.1. The molecular formula is C25H23N7. The lowest BCUT2D eigenvalue weighted by molar-refractivity contribution is 1.07. The number of rotatable bonds is 6. The predicted molar refractivity (Wildman–Crippen MR) is 127 cm³/mol. The summed E-state index contributed by atoms with van der Waals surface area (Å²) in [6.45, 7) is 2.54. The van der Waals surface area contributed by atoms with Crippen LogP contribution in [0, 0.1) is 0 Å². The van der Waals surface area contributed by atoms with Crippen LogP contribution in [0.5, 0.6) is 0 Å². The van der Waals surface area contributed by atoms with Crippen LogP contribution in [0.1, 0.15) is 18.1 Å². The smallest absolute Gasteiger partial charge is 0.227 e. The topological polar surface area (TPSA) is 105 Å². The summed E-state index contributed by atoms with van der Waals surface area (Å²) in [7, 11) is 0. The minimum absolute atomic E-state index is 0.394. The molecule has 0 aliphatic rings. The van der Waals surface area contributed by atoms with Gasteiger partial charge in [0.15, 0.2) is 0 Å². The van der Waals surface area contributed by atoms with Crippen LogP contribution in [0.25, 0.3) is 33.7 Å². The number of aromatic amines is 1. The minimum Gasteiger partial charge on any atom is -0.338 e. The molecule has 0 aliphatic carbocycles. The molecule has 7 heteroatoms. The minimum atomic E-state index is 0.394. The van der Waals surface area contributed by atoms with E-state index in [-0.39, 0.29) is 0 Å². The fraction of sp³-hybridized carbons (Fsp3) is 0.120. The Kier molecular flexibility index (Phi) is 5.31. The number of aryl methyl sites for hydroxylation is 1. The van der Waals surface area contributed by atoms with Gasteiger partial charge in [0.1, 0.15) is 5.82 Å². The fourth-order valence-electron chi connectivity index (χ4n) is 3.65. The van der Waals surface area contributed by atoms with E-state index in [4.69, 9.17) is 10.7 Å². The molecule has 0 unspecified atom stereocenters. The van der Waals surface area contributed by atoms with Crippen molar-refractivity contribution in [2.45, 2.75) is 19.9 Å². The van der Waals surface area contributed by atoms with E-state index in [1.165, 1.54) is 5.56 Å². The molecule has 0 amide bonds. The highest BCUT2D eigenvalue weighted by atomic mass is 15.1. The van der Waals surface area contributed by atoms with Crippen LogP contribution in [0.4, 0.5) is 11.6 Å². The third-order valence-electron chi connectivity index (χ3n) is 5.42. The van der Waals surface area contributed by atoms with Crippen LogP contribution in [0.15, 0.2) is 73.2 Å². The summed E-state index contributed by atoms with van der Waals surface area (Å²) in [5, 5.41) is 3.33. The van der Waals surface area contributed by atoms with Gasteiger partial charge in [0.05, 0.1) is 16.7 Å². The number of pyridine rings is 1. The maximum absolute atomic E-state index is 5.99. The Labute approximate surface area is 185 Å². The summed E-state index contributed by atoms with van der Waals surface area (Å²) in [4.78, 5) is 21.4. The molecule has 0 fully saturated rings. The number of nitrogens with zero attached hydrogens (tertiary/aromatic N) is 4. The first-order valence-corrected chi connectivity index (χ1v) is 10.6. The van der Waals surface area contributed by atoms with E-state index in [0.29, 0.717) is 12.5 Å². The molecule has 0 saturated heterocycles. The zero-order valence-corrected chi connectivity index (χ0v) is 17.7. The zero-order chi connectivity index (χ0) is 21.9. The van der Waals surface area contributed by atoms with Gasteiger partial charge in [-0.3, -0.25) is 4.98 Å². The van der Waals surface area contributed by atoms with Crippen LogP contribution in [-0.4, -0.2) is 24.9 Å². The van der Waals surface area contributed by atoms with Crippen molar-refractivity contribution in [2.75, 3.05) is 5.32 Å². The second kappa shape index (κ2) is 8.56. The van der Waals surface area contributed by atoms with E-state index < -0.39 is 0 Å². The van der Waals surface area contributed by atoms with Gasteiger partial charge in [-0.2, -0.15) is 0 Å². The average molecular weight is 422 g/mol. The Bertz CT molecular complexity index is 1380. The largest absolute Gasteiger partial charge is 0.338 e.